The van der Waals surface area contributed by atoms with E-state index in [1.54, 1.807) is 24.7 Å². The van der Waals surface area contributed by atoms with Crippen LogP contribution in [-0.4, -0.2) is 9.55 Å². The minimum Gasteiger partial charge on any atom is -0.302 e. The van der Waals surface area contributed by atoms with Crippen molar-refractivity contribution in [3.63, 3.8) is 0 Å². The molecule has 2 rings (SSSR count). The molecule has 4 heteroatoms. The second-order valence-electron chi connectivity index (χ2n) is 3.00. The van der Waals surface area contributed by atoms with Crippen molar-refractivity contribution in [2.24, 2.45) is 0 Å². The third-order valence-electron chi connectivity index (χ3n) is 1.99. The minimum atomic E-state index is 0.663. The Labute approximate surface area is 92.1 Å². The molecular formula is C10H8Cl2N2. The van der Waals surface area contributed by atoms with Crippen molar-refractivity contribution in [2.75, 3.05) is 0 Å². The van der Waals surface area contributed by atoms with E-state index in [-0.39, 0.29) is 0 Å². The molecule has 0 saturated heterocycles. The first-order valence-corrected chi connectivity index (χ1v) is 4.88. The molecule has 0 N–H and O–H groups in total. The van der Waals surface area contributed by atoms with E-state index in [0.717, 1.165) is 11.4 Å². The molecule has 0 unspecified atom stereocenters. The highest BCUT2D eigenvalue weighted by Crippen LogP contribution is 2.24. The number of nitrogens with zero attached hydrogens (tertiary/aromatic N) is 2. The van der Waals surface area contributed by atoms with Crippen molar-refractivity contribution >= 4 is 23.2 Å². The highest BCUT2D eigenvalue weighted by Gasteiger charge is 2.05. The van der Waals surface area contributed by atoms with Gasteiger partial charge in [-0.2, -0.15) is 0 Å². The van der Waals surface area contributed by atoms with Crippen molar-refractivity contribution in [1.29, 1.82) is 0 Å². The molecule has 72 valence electrons. The van der Waals surface area contributed by atoms with Gasteiger partial charge < -0.3 is 4.57 Å². The van der Waals surface area contributed by atoms with E-state index < -0.39 is 0 Å². The fourth-order valence-corrected chi connectivity index (χ4v) is 1.66. The van der Waals surface area contributed by atoms with Crippen LogP contribution in [-0.2, 0) is 0 Å². The molecule has 0 amide bonds. The summed E-state index contributed by atoms with van der Waals surface area (Å²) in [5, 5.41) is 1.33. The van der Waals surface area contributed by atoms with Crippen molar-refractivity contribution in [3.8, 4) is 5.69 Å². The van der Waals surface area contributed by atoms with Crippen LogP contribution in [0.5, 0.6) is 0 Å². The molecular weight excluding hydrogens is 219 g/mol. The van der Waals surface area contributed by atoms with Gasteiger partial charge in [-0.05, 0) is 25.1 Å². The molecule has 0 atom stereocenters. The molecule has 1 aromatic carbocycles. The number of imidazole rings is 1. The summed E-state index contributed by atoms with van der Waals surface area (Å²) in [6.45, 7) is 1.96. The fourth-order valence-electron chi connectivity index (χ4n) is 1.28. The lowest BCUT2D eigenvalue weighted by Gasteiger charge is -2.07. The van der Waals surface area contributed by atoms with Gasteiger partial charge in [-0.3, -0.25) is 0 Å². The van der Waals surface area contributed by atoms with E-state index >= 15 is 0 Å². The molecule has 0 aliphatic heterocycles. The van der Waals surface area contributed by atoms with Gasteiger partial charge in [0, 0.05) is 16.9 Å². The molecule has 0 aliphatic rings. The van der Waals surface area contributed by atoms with Crippen LogP contribution in [0.1, 0.15) is 5.69 Å². The van der Waals surface area contributed by atoms with Gasteiger partial charge in [-0.25, -0.2) is 4.98 Å². The third-order valence-corrected chi connectivity index (χ3v) is 2.55. The molecule has 0 spiro atoms. The summed E-state index contributed by atoms with van der Waals surface area (Å²) in [7, 11) is 0. The zero-order chi connectivity index (χ0) is 10.1. The lowest BCUT2D eigenvalue weighted by atomic mass is 10.3. The van der Waals surface area contributed by atoms with E-state index in [4.69, 9.17) is 23.2 Å². The van der Waals surface area contributed by atoms with Crippen LogP contribution in [0.4, 0.5) is 0 Å². The van der Waals surface area contributed by atoms with E-state index in [1.165, 1.54) is 0 Å². The number of rotatable bonds is 1. The Morgan fingerprint density at radius 2 is 2.07 bits per heavy atom. The maximum absolute atomic E-state index is 6.05. The molecule has 0 bridgehead atoms. The predicted octanol–water partition coefficient (Wildman–Crippen LogP) is 3.49. The zero-order valence-corrected chi connectivity index (χ0v) is 9.05. The summed E-state index contributed by atoms with van der Waals surface area (Å²) >= 11 is 11.9. The molecule has 2 aromatic rings. The number of benzene rings is 1. The smallest absolute Gasteiger partial charge is 0.0994 e. The molecule has 14 heavy (non-hydrogen) atoms. The third kappa shape index (κ3) is 1.63. The van der Waals surface area contributed by atoms with Gasteiger partial charge in [0.2, 0.25) is 0 Å². The van der Waals surface area contributed by atoms with Gasteiger partial charge in [0.15, 0.2) is 0 Å². The molecule has 0 fully saturated rings. The molecule has 0 aliphatic carbocycles. The van der Waals surface area contributed by atoms with Gasteiger partial charge in [-0.1, -0.05) is 23.2 Å². The van der Waals surface area contributed by atoms with Gasteiger partial charge >= 0.3 is 0 Å². The summed E-state index contributed by atoms with van der Waals surface area (Å²) in [5.74, 6) is 0. The zero-order valence-electron chi connectivity index (χ0n) is 7.54. The van der Waals surface area contributed by atoms with E-state index in [9.17, 15) is 0 Å². The first kappa shape index (κ1) is 9.56. The molecule has 0 radical (unpaired) electrons. The van der Waals surface area contributed by atoms with E-state index in [0.29, 0.717) is 10.0 Å². The largest absolute Gasteiger partial charge is 0.302 e. The summed E-state index contributed by atoms with van der Waals surface area (Å²) in [4.78, 5) is 4.03. The summed E-state index contributed by atoms with van der Waals surface area (Å²) < 4.78 is 1.90. The topological polar surface area (TPSA) is 17.8 Å². The van der Waals surface area contributed by atoms with Crippen LogP contribution >= 0.6 is 23.2 Å². The Bertz CT molecular complexity index is 463. The van der Waals surface area contributed by atoms with Crippen molar-refractivity contribution in [1.82, 2.24) is 9.55 Å². The molecule has 0 saturated carbocycles. The molecule has 1 heterocycles. The lowest BCUT2D eigenvalue weighted by Crippen LogP contribution is -1.95. The van der Waals surface area contributed by atoms with Crippen molar-refractivity contribution in [2.45, 2.75) is 6.92 Å². The Morgan fingerprint density at radius 3 is 2.71 bits per heavy atom. The first-order chi connectivity index (χ1) is 6.68. The number of hydrogen-bond donors (Lipinski definition) is 0. The standard InChI is InChI=1S/C10H8Cl2N2/c1-7-5-13-6-14(7)10-4-8(11)2-3-9(10)12/h2-6H,1H3. The Morgan fingerprint density at radius 1 is 1.29 bits per heavy atom. The van der Waals surface area contributed by atoms with Crippen LogP contribution in [0.3, 0.4) is 0 Å². The SMILES string of the molecule is Cc1cncn1-c1cc(Cl)ccc1Cl. The monoisotopic (exact) mass is 226 g/mol. The Hall–Kier alpha value is -0.990. The van der Waals surface area contributed by atoms with Gasteiger partial charge in [0.25, 0.3) is 0 Å². The number of aromatic nitrogens is 2. The highest BCUT2D eigenvalue weighted by molar-refractivity contribution is 6.34. The van der Waals surface area contributed by atoms with Gasteiger partial charge in [0.05, 0.1) is 17.0 Å². The number of hydrogen-bond acceptors (Lipinski definition) is 1. The first-order valence-electron chi connectivity index (χ1n) is 4.13. The van der Waals surface area contributed by atoms with Crippen LogP contribution in [0.15, 0.2) is 30.7 Å². The Balaban J connectivity index is 2.62. The van der Waals surface area contributed by atoms with Crippen molar-refractivity contribution in [3.05, 3.63) is 46.5 Å². The maximum atomic E-state index is 6.05. The lowest BCUT2D eigenvalue weighted by molar-refractivity contribution is 1.00. The fraction of sp³-hybridized carbons (Fsp3) is 0.100. The van der Waals surface area contributed by atoms with E-state index in [1.807, 2.05) is 17.6 Å². The predicted molar refractivity (Wildman–Crippen MR) is 58.3 cm³/mol. The average molecular weight is 227 g/mol. The van der Waals surface area contributed by atoms with Crippen LogP contribution < -0.4 is 0 Å². The highest BCUT2D eigenvalue weighted by atomic mass is 35.5. The second-order valence-corrected chi connectivity index (χ2v) is 3.84. The van der Waals surface area contributed by atoms with Crippen molar-refractivity contribution < 1.29 is 0 Å². The maximum Gasteiger partial charge on any atom is 0.0994 e. The van der Waals surface area contributed by atoms with E-state index in [2.05, 4.69) is 4.98 Å². The van der Waals surface area contributed by atoms with Gasteiger partial charge in [-0.15, -0.1) is 0 Å². The number of aryl methyl sites for hydroxylation is 1. The summed E-state index contributed by atoms with van der Waals surface area (Å²) in [6.07, 6.45) is 3.49. The molecule has 1 aromatic heterocycles. The van der Waals surface area contributed by atoms with Crippen LogP contribution in [0.25, 0.3) is 5.69 Å². The summed E-state index contributed by atoms with van der Waals surface area (Å²) in [6, 6.07) is 5.36. The van der Waals surface area contributed by atoms with Crippen LogP contribution in [0.2, 0.25) is 10.0 Å². The summed E-state index contributed by atoms with van der Waals surface area (Å²) in [5.41, 5.74) is 1.88. The molecule has 2 nitrogen and oxygen atoms in total. The minimum absolute atomic E-state index is 0.663. The number of halogens is 2. The van der Waals surface area contributed by atoms with Crippen LogP contribution in [0, 0.1) is 6.92 Å². The van der Waals surface area contributed by atoms with Gasteiger partial charge in [0.1, 0.15) is 0 Å². The quantitative estimate of drug-likeness (QED) is 0.729. The Kier molecular flexibility index (Phi) is 2.48. The second kappa shape index (κ2) is 3.64. The average Bonchev–Trinajstić information content (AvgIpc) is 2.56. The normalized spacial score (nSPS) is 10.5.